The number of nitrogens with one attached hydrogen (secondary N) is 2. The summed E-state index contributed by atoms with van der Waals surface area (Å²) in [6, 6.07) is 20.8. The first-order chi connectivity index (χ1) is 17.5. The summed E-state index contributed by atoms with van der Waals surface area (Å²) in [6.45, 7) is 2.55. The molecule has 0 unspecified atom stereocenters. The second-order valence-electron chi connectivity index (χ2n) is 7.79. The zero-order chi connectivity index (χ0) is 25.5. The number of carbonyl (C=O) groups excluding carboxylic acids is 1. The Kier molecular flexibility index (Phi) is 7.87. The van der Waals surface area contributed by atoms with Crippen LogP contribution in [0.1, 0.15) is 23.7 Å². The highest BCUT2D eigenvalue weighted by Crippen LogP contribution is 2.31. The number of para-hydroxylation sites is 1. The van der Waals surface area contributed by atoms with Gasteiger partial charge in [-0.05, 0) is 48.9 Å². The fraction of sp³-hybridized carbons (Fsp3) is 0.148. The van der Waals surface area contributed by atoms with Crippen molar-refractivity contribution in [1.29, 1.82) is 0 Å². The number of amides is 1. The van der Waals surface area contributed by atoms with Crippen LogP contribution in [-0.4, -0.2) is 29.3 Å². The summed E-state index contributed by atoms with van der Waals surface area (Å²) >= 11 is 6.33. The van der Waals surface area contributed by atoms with E-state index in [0.717, 1.165) is 6.42 Å². The van der Waals surface area contributed by atoms with Gasteiger partial charge in [0, 0.05) is 23.9 Å². The molecule has 9 heteroatoms. The number of hydrogen-bond acceptors (Lipinski definition) is 6. The molecule has 0 radical (unpaired) electrons. The van der Waals surface area contributed by atoms with Gasteiger partial charge in [0.15, 0.2) is 11.4 Å². The number of nitrogens with zero attached hydrogens (tertiary/aromatic N) is 2. The van der Waals surface area contributed by atoms with Crippen molar-refractivity contribution in [3.63, 3.8) is 0 Å². The summed E-state index contributed by atoms with van der Waals surface area (Å²) in [7, 11) is 1.56. The Balaban J connectivity index is 1.77. The molecule has 0 atom stereocenters. The van der Waals surface area contributed by atoms with E-state index in [0.29, 0.717) is 40.0 Å². The van der Waals surface area contributed by atoms with E-state index >= 15 is 0 Å². The molecule has 1 amide bonds. The van der Waals surface area contributed by atoms with Gasteiger partial charge in [0.2, 0.25) is 0 Å². The van der Waals surface area contributed by atoms with Crippen molar-refractivity contribution >= 4 is 28.9 Å². The highest BCUT2D eigenvalue weighted by Gasteiger charge is 2.17. The van der Waals surface area contributed by atoms with Crippen molar-refractivity contribution in [2.24, 2.45) is 0 Å². The summed E-state index contributed by atoms with van der Waals surface area (Å²) in [4.78, 5) is 26.1. The molecule has 0 aliphatic heterocycles. The summed E-state index contributed by atoms with van der Waals surface area (Å²) < 4.78 is 12.5. The van der Waals surface area contributed by atoms with E-state index in [4.69, 9.17) is 21.1 Å². The predicted octanol–water partition coefficient (Wildman–Crippen LogP) is 5.57. The van der Waals surface area contributed by atoms with E-state index < -0.39 is 5.56 Å². The molecule has 3 aromatic carbocycles. The van der Waals surface area contributed by atoms with E-state index in [1.807, 2.05) is 6.92 Å². The highest BCUT2D eigenvalue weighted by molar-refractivity contribution is 6.32. The van der Waals surface area contributed by atoms with Crippen LogP contribution in [0.2, 0.25) is 5.02 Å². The molecule has 0 saturated heterocycles. The minimum atomic E-state index is -0.482. The molecular formula is C27H25ClN4O4. The number of ether oxygens (including phenoxy) is 2. The molecule has 36 heavy (non-hydrogen) atoms. The van der Waals surface area contributed by atoms with Crippen molar-refractivity contribution in [2.75, 3.05) is 19.0 Å². The smallest absolute Gasteiger partial charge is 0.299 e. The average Bonchev–Trinajstić information content (AvgIpc) is 2.90. The van der Waals surface area contributed by atoms with Crippen molar-refractivity contribution < 1.29 is 14.3 Å². The van der Waals surface area contributed by atoms with Crippen LogP contribution in [0, 0.1) is 0 Å². The maximum Gasteiger partial charge on any atom is 0.299 e. The number of anilines is 2. The Labute approximate surface area is 213 Å². The van der Waals surface area contributed by atoms with Gasteiger partial charge >= 0.3 is 0 Å². The molecule has 0 aliphatic rings. The third-order valence-corrected chi connectivity index (χ3v) is 5.54. The van der Waals surface area contributed by atoms with Gasteiger partial charge in [0.1, 0.15) is 11.5 Å². The second-order valence-corrected chi connectivity index (χ2v) is 8.20. The third-order valence-electron chi connectivity index (χ3n) is 5.22. The van der Waals surface area contributed by atoms with E-state index in [1.54, 1.807) is 79.9 Å². The van der Waals surface area contributed by atoms with Crippen molar-refractivity contribution in [2.45, 2.75) is 13.3 Å². The molecule has 4 aromatic rings. The Hall–Kier alpha value is -4.30. The molecule has 184 valence electrons. The van der Waals surface area contributed by atoms with E-state index in [1.165, 1.54) is 10.9 Å². The second kappa shape index (κ2) is 11.4. The van der Waals surface area contributed by atoms with E-state index in [2.05, 4.69) is 15.7 Å². The quantitative estimate of drug-likeness (QED) is 0.309. The van der Waals surface area contributed by atoms with E-state index in [9.17, 15) is 9.59 Å². The zero-order valence-electron chi connectivity index (χ0n) is 19.8. The largest absolute Gasteiger partial charge is 0.497 e. The molecule has 0 bridgehead atoms. The maximum absolute atomic E-state index is 13.6. The van der Waals surface area contributed by atoms with Gasteiger partial charge < -0.3 is 20.1 Å². The monoisotopic (exact) mass is 504 g/mol. The van der Waals surface area contributed by atoms with Crippen LogP contribution in [0.25, 0.3) is 5.69 Å². The van der Waals surface area contributed by atoms with Crippen LogP contribution < -0.4 is 25.7 Å². The first-order valence-corrected chi connectivity index (χ1v) is 11.7. The molecule has 0 fully saturated rings. The fourth-order valence-corrected chi connectivity index (χ4v) is 3.66. The Morgan fingerprint density at radius 3 is 2.58 bits per heavy atom. The molecule has 1 heterocycles. The van der Waals surface area contributed by atoms with Crippen LogP contribution in [0.3, 0.4) is 0 Å². The Morgan fingerprint density at radius 1 is 1.03 bits per heavy atom. The van der Waals surface area contributed by atoms with Gasteiger partial charge in [0.25, 0.3) is 11.5 Å². The first kappa shape index (κ1) is 24.8. The van der Waals surface area contributed by atoms with Crippen LogP contribution in [0.15, 0.2) is 83.8 Å². The SMILES string of the molecule is CCCNC(=O)c1cccc(Nc2c(Oc3cccc(OC)c3)cnn(-c3ccccc3Cl)c2=O)c1. The molecular weight excluding hydrogens is 480 g/mol. The normalized spacial score (nSPS) is 10.5. The van der Waals surface area contributed by atoms with Gasteiger partial charge in [0.05, 0.1) is 24.0 Å². The number of halogens is 1. The zero-order valence-corrected chi connectivity index (χ0v) is 20.6. The number of hydrogen-bond donors (Lipinski definition) is 2. The van der Waals surface area contributed by atoms with Crippen molar-refractivity contribution in [3.05, 3.63) is 99.9 Å². The summed E-state index contributed by atoms with van der Waals surface area (Å²) in [6.07, 6.45) is 2.26. The highest BCUT2D eigenvalue weighted by atomic mass is 35.5. The molecule has 8 nitrogen and oxygen atoms in total. The topological polar surface area (TPSA) is 94.5 Å². The van der Waals surface area contributed by atoms with Crippen LogP contribution >= 0.6 is 11.6 Å². The van der Waals surface area contributed by atoms with Gasteiger partial charge in [-0.3, -0.25) is 9.59 Å². The lowest BCUT2D eigenvalue weighted by molar-refractivity contribution is 0.0953. The summed E-state index contributed by atoms with van der Waals surface area (Å²) in [5.74, 6) is 1.06. The minimum Gasteiger partial charge on any atom is -0.497 e. The van der Waals surface area contributed by atoms with Gasteiger partial charge in [-0.25, -0.2) is 0 Å². The van der Waals surface area contributed by atoms with Crippen LogP contribution in [0.5, 0.6) is 17.2 Å². The van der Waals surface area contributed by atoms with Crippen molar-refractivity contribution in [3.8, 4) is 22.9 Å². The molecule has 0 aliphatic carbocycles. The van der Waals surface area contributed by atoms with Crippen LogP contribution in [0.4, 0.5) is 11.4 Å². The summed E-state index contributed by atoms with van der Waals surface area (Å²) in [5, 5.41) is 10.6. The van der Waals surface area contributed by atoms with Crippen molar-refractivity contribution in [1.82, 2.24) is 15.1 Å². The molecule has 1 aromatic heterocycles. The molecule has 0 saturated carbocycles. The Morgan fingerprint density at radius 2 is 1.81 bits per heavy atom. The molecule has 2 N–H and O–H groups in total. The molecule has 4 rings (SSSR count). The number of carbonyl (C=O) groups is 1. The van der Waals surface area contributed by atoms with Gasteiger partial charge in [-0.1, -0.05) is 42.8 Å². The Bertz CT molecular complexity index is 1440. The maximum atomic E-state index is 13.6. The number of rotatable bonds is 9. The van der Waals surface area contributed by atoms with Gasteiger partial charge in [-0.2, -0.15) is 9.78 Å². The van der Waals surface area contributed by atoms with Gasteiger partial charge in [-0.15, -0.1) is 0 Å². The standard InChI is InChI=1S/C27H25ClN4O4/c1-3-14-29-26(33)18-8-6-9-19(15-18)31-25-24(36-21-11-7-10-20(16-21)35-2)17-30-32(27(25)34)23-13-5-4-12-22(23)28/h4-13,15-17,31H,3,14H2,1-2H3,(H,29,33). The number of benzene rings is 3. The van der Waals surface area contributed by atoms with Crippen LogP contribution in [-0.2, 0) is 0 Å². The number of methoxy groups -OCH3 is 1. The lowest BCUT2D eigenvalue weighted by Gasteiger charge is -2.16. The lowest BCUT2D eigenvalue weighted by Crippen LogP contribution is -2.25. The summed E-state index contributed by atoms with van der Waals surface area (Å²) in [5.41, 5.74) is 1.06. The third kappa shape index (κ3) is 5.67. The number of aromatic nitrogens is 2. The predicted molar refractivity (Wildman–Crippen MR) is 140 cm³/mol. The first-order valence-electron chi connectivity index (χ1n) is 11.3. The minimum absolute atomic E-state index is 0.124. The average molecular weight is 505 g/mol. The van der Waals surface area contributed by atoms with E-state index in [-0.39, 0.29) is 17.3 Å². The lowest BCUT2D eigenvalue weighted by atomic mass is 10.2. The fourth-order valence-electron chi connectivity index (χ4n) is 3.44. The molecule has 0 spiro atoms.